The van der Waals surface area contributed by atoms with Gasteiger partial charge in [-0.1, -0.05) is 0 Å². The van der Waals surface area contributed by atoms with Crippen LogP contribution in [0.1, 0.15) is 12.0 Å². The molecule has 0 aliphatic rings. The quantitative estimate of drug-likeness (QED) is 0.745. The Morgan fingerprint density at radius 1 is 1.37 bits per heavy atom. The van der Waals surface area contributed by atoms with Crippen molar-refractivity contribution in [2.75, 3.05) is 27.2 Å². The standard InChI is InChI=1S/C11H20F2N4.2ClH/c1-16(2)5-3-4-14-6-10-7-15-17(8-10)9-11(12)13;;/h7-8,11,14H,3-6,9H2,1-2H3;2*1H. The molecule has 114 valence electrons. The van der Waals surface area contributed by atoms with E-state index in [0.717, 1.165) is 25.1 Å². The normalized spacial score (nSPS) is 10.4. The van der Waals surface area contributed by atoms with E-state index < -0.39 is 6.43 Å². The second-order valence-electron chi connectivity index (χ2n) is 4.30. The highest BCUT2D eigenvalue weighted by atomic mass is 35.5. The van der Waals surface area contributed by atoms with Crippen LogP contribution in [-0.2, 0) is 13.1 Å². The maximum absolute atomic E-state index is 12.1. The Bertz CT molecular complexity index is 321. The molecule has 19 heavy (non-hydrogen) atoms. The molecular weight excluding hydrogens is 297 g/mol. The first-order chi connectivity index (χ1) is 8.08. The molecule has 0 saturated heterocycles. The van der Waals surface area contributed by atoms with Crippen LogP contribution in [-0.4, -0.2) is 48.3 Å². The number of alkyl halides is 2. The van der Waals surface area contributed by atoms with E-state index in [1.807, 2.05) is 14.1 Å². The predicted molar refractivity (Wildman–Crippen MR) is 77.6 cm³/mol. The second-order valence-corrected chi connectivity index (χ2v) is 4.30. The first-order valence-electron chi connectivity index (χ1n) is 5.73. The topological polar surface area (TPSA) is 33.1 Å². The van der Waals surface area contributed by atoms with E-state index in [4.69, 9.17) is 0 Å². The molecule has 0 unspecified atom stereocenters. The van der Waals surface area contributed by atoms with E-state index in [0.29, 0.717) is 6.54 Å². The lowest BCUT2D eigenvalue weighted by Crippen LogP contribution is -2.20. The molecule has 0 aliphatic carbocycles. The number of hydrogen-bond acceptors (Lipinski definition) is 3. The van der Waals surface area contributed by atoms with Gasteiger partial charge in [-0.3, -0.25) is 4.68 Å². The van der Waals surface area contributed by atoms with Gasteiger partial charge in [-0.25, -0.2) is 8.78 Å². The van der Waals surface area contributed by atoms with Crippen LogP contribution in [0.25, 0.3) is 0 Å². The van der Waals surface area contributed by atoms with Gasteiger partial charge in [0.05, 0.1) is 6.20 Å². The molecule has 0 bridgehead atoms. The van der Waals surface area contributed by atoms with E-state index in [1.54, 1.807) is 12.4 Å². The fourth-order valence-corrected chi connectivity index (χ4v) is 1.49. The van der Waals surface area contributed by atoms with Crippen LogP contribution in [0.4, 0.5) is 8.78 Å². The zero-order chi connectivity index (χ0) is 12.7. The van der Waals surface area contributed by atoms with Crippen molar-refractivity contribution in [3.8, 4) is 0 Å². The van der Waals surface area contributed by atoms with Crippen molar-refractivity contribution in [1.29, 1.82) is 0 Å². The summed E-state index contributed by atoms with van der Waals surface area (Å²) in [6.07, 6.45) is 2.00. The zero-order valence-electron chi connectivity index (χ0n) is 11.2. The average Bonchev–Trinajstić information content (AvgIpc) is 2.63. The van der Waals surface area contributed by atoms with Gasteiger partial charge in [-0.05, 0) is 33.6 Å². The van der Waals surface area contributed by atoms with E-state index >= 15 is 0 Å². The molecular formula is C11H22Cl2F2N4. The van der Waals surface area contributed by atoms with Crippen molar-refractivity contribution in [3.63, 3.8) is 0 Å². The minimum Gasteiger partial charge on any atom is -0.313 e. The average molecular weight is 319 g/mol. The number of halogens is 4. The van der Waals surface area contributed by atoms with Gasteiger partial charge in [-0.15, -0.1) is 24.8 Å². The highest BCUT2D eigenvalue weighted by Crippen LogP contribution is 2.01. The summed E-state index contributed by atoms with van der Waals surface area (Å²) in [5.74, 6) is 0. The molecule has 0 spiro atoms. The summed E-state index contributed by atoms with van der Waals surface area (Å²) in [5.41, 5.74) is 0.940. The molecule has 0 amide bonds. The van der Waals surface area contributed by atoms with Crippen LogP contribution >= 0.6 is 24.8 Å². The fraction of sp³-hybridized carbons (Fsp3) is 0.727. The molecule has 0 saturated carbocycles. The van der Waals surface area contributed by atoms with Crippen molar-refractivity contribution in [2.24, 2.45) is 0 Å². The molecule has 8 heteroatoms. The van der Waals surface area contributed by atoms with E-state index in [-0.39, 0.29) is 31.4 Å². The summed E-state index contributed by atoms with van der Waals surface area (Å²) in [4.78, 5) is 2.13. The van der Waals surface area contributed by atoms with Crippen LogP contribution in [0.5, 0.6) is 0 Å². The summed E-state index contributed by atoms with van der Waals surface area (Å²) in [6.45, 7) is 2.30. The minimum atomic E-state index is -2.35. The highest BCUT2D eigenvalue weighted by Gasteiger charge is 2.05. The SMILES string of the molecule is CN(C)CCCNCc1cnn(CC(F)F)c1.Cl.Cl. The van der Waals surface area contributed by atoms with Gasteiger partial charge in [-0.2, -0.15) is 5.10 Å². The smallest absolute Gasteiger partial charge is 0.257 e. The Hall–Kier alpha value is -0.430. The Morgan fingerprint density at radius 2 is 2.05 bits per heavy atom. The lowest BCUT2D eigenvalue weighted by Gasteiger charge is -2.09. The number of nitrogens with zero attached hydrogens (tertiary/aromatic N) is 3. The molecule has 0 radical (unpaired) electrons. The lowest BCUT2D eigenvalue weighted by molar-refractivity contribution is 0.122. The van der Waals surface area contributed by atoms with Crippen molar-refractivity contribution in [3.05, 3.63) is 18.0 Å². The molecule has 1 N–H and O–H groups in total. The highest BCUT2D eigenvalue weighted by molar-refractivity contribution is 5.85. The molecule has 1 rings (SSSR count). The van der Waals surface area contributed by atoms with Crippen LogP contribution in [0.2, 0.25) is 0 Å². The maximum Gasteiger partial charge on any atom is 0.257 e. The summed E-state index contributed by atoms with van der Waals surface area (Å²) in [5, 5.41) is 7.13. The molecule has 0 atom stereocenters. The van der Waals surface area contributed by atoms with Crippen molar-refractivity contribution in [2.45, 2.75) is 25.9 Å². The first-order valence-corrected chi connectivity index (χ1v) is 5.73. The molecule has 0 aliphatic heterocycles. The second kappa shape index (κ2) is 11.4. The van der Waals surface area contributed by atoms with Gasteiger partial charge in [0.2, 0.25) is 0 Å². The van der Waals surface area contributed by atoms with Gasteiger partial charge in [0.1, 0.15) is 6.54 Å². The number of aromatic nitrogens is 2. The summed E-state index contributed by atoms with van der Waals surface area (Å²) >= 11 is 0. The van der Waals surface area contributed by atoms with Gasteiger partial charge < -0.3 is 10.2 Å². The molecule has 4 nitrogen and oxygen atoms in total. The van der Waals surface area contributed by atoms with Crippen LogP contribution < -0.4 is 5.32 Å². The summed E-state index contributed by atoms with van der Waals surface area (Å²) in [6, 6.07) is 0. The number of rotatable bonds is 8. The van der Waals surface area contributed by atoms with E-state index in [9.17, 15) is 8.78 Å². The summed E-state index contributed by atoms with van der Waals surface area (Å²) < 4.78 is 25.4. The molecule has 1 aromatic heterocycles. The van der Waals surface area contributed by atoms with Crippen molar-refractivity contribution in [1.82, 2.24) is 20.0 Å². The molecule has 0 fully saturated rings. The first kappa shape index (κ1) is 20.9. The third kappa shape index (κ3) is 10.1. The van der Waals surface area contributed by atoms with Gasteiger partial charge >= 0.3 is 0 Å². The Morgan fingerprint density at radius 3 is 2.63 bits per heavy atom. The van der Waals surface area contributed by atoms with Crippen LogP contribution in [0.15, 0.2) is 12.4 Å². The third-order valence-electron chi connectivity index (χ3n) is 2.30. The van der Waals surface area contributed by atoms with Crippen LogP contribution in [0.3, 0.4) is 0 Å². The Labute approximate surface area is 125 Å². The van der Waals surface area contributed by atoms with Gasteiger partial charge in [0.15, 0.2) is 0 Å². The zero-order valence-corrected chi connectivity index (χ0v) is 12.8. The Kier molecular flexibility index (Phi) is 12.5. The number of nitrogens with one attached hydrogen (secondary N) is 1. The van der Waals surface area contributed by atoms with Gasteiger partial charge in [0.25, 0.3) is 6.43 Å². The van der Waals surface area contributed by atoms with Crippen molar-refractivity contribution >= 4 is 24.8 Å². The Balaban J connectivity index is 0. The largest absolute Gasteiger partial charge is 0.313 e. The van der Waals surface area contributed by atoms with E-state index in [1.165, 1.54) is 4.68 Å². The molecule has 0 aromatic carbocycles. The monoisotopic (exact) mass is 318 g/mol. The molecule has 1 heterocycles. The third-order valence-corrected chi connectivity index (χ3v) is 2.30. The lowest BCUT2D eigenvalue weighted by atomic mass is 10.3. The number of hydrogen-bond donors (Lipinski definition) is 1. The van der Waals surface area contributed by atoms with E-state index in [2.05, 4.69) is 15.3 Å². The van der Waals surface area contributed by atoms with Crippen molar-refractivity contribution < 1.29 is 8.78 Å². The predicted octanol–water partition coefficient (Wildman–Crippen LogP) is 2.03. The minimum absolute atomic E-state index is 0. The molecule has 1 aromatic rings. The summed E-state index contributed by atoms with van der Waals surface area (Å²) in [7, 11) is 4.07. The van der Waals surface area contributed by atoms with Crippen LogP contribution in [0, 0.1) is 0 Å². The van der Waals surface area contributed by atoms with Gasteiger partial charge in [0, 0.05) is 18.3 Å². The fourth-order valence-electron chi connectivity index (χ4n) is 1.49. The maximum atomic E-state index is 12.1.